The second kappa shape index (κ2) is 9.11. The lowest BCUT2D eigenvalue weighted by Crippen LogP contribution is -2.21. The van der Waals surface area contributed by atoms with E-state index in [-0.39, 0.29) is 5.41 Å². The Balaban J connectivity index is 1.38. The Morgan fingerprint density at radius 1 is 0.821 bits per heavy atom. The van der Waals surface area contributed by atoms with Crippen LogP contribution in [-0.4, -0.2) is 23.6 Å². The number of hydrogen-bond acceptors (Lipinski definition) is 6. The average Bonchev–Trinajstić information content (AvgIpc) is 3.63. The maximum Gasteiger partial charge on any atom is 0.182 e. The Hall–Kier alpha value is -3.87. The molecule has 1 aliphatic rings. The van der Waals surface area contributed by atoms with E-state index in [1.807, 2.05) is 23.6 Å². The molecule has 0 aliphatic carbocycles. The number of benzene rings is 3. The van der Waals surface area contributed by atoms with Gasteiger partial charge in [0.05, 0.1) is 12.4 Å². The van der Waals surface area contributed by atoms with Gasteiger partial charge in [0.2, 0.25) is 0 Å². The molecule has 1 aliphatic heterocycles. The Bertz CT molecular complexity index is 1890. The van der Waals surface area contributed by atoms with Crippen LogP contribution < -0.4 is 9.64 Å². The van der Waals surface area contributed by atoms with Crippen molar-refractivity contribution in [1.82, 2.24) is 9.88 Å². The van der Waals surface area contributed by atoms with E-state index in [0.717, 1.165) is 28.9 Å². The van der Waals surface area contributed by atoms with Gasteiger partial charge in [0.15, 0.2) is 5.06 Å². The van der Waals surface area contributed by atoms with Gasteiger partial charge in [-0.2, -0.15) is 0 Å². The molecule has 0 spiro atoms. The van der Waals surface area contributed by atoms with Gasteiger partial charge in [-0.1, -0.05) is 56.4 Å². The van der Waals surface area contributed by atoms with Crippen LogP contribution in [0.4, 0.5) is 5.69 Å². The van der Waals surface area contributed by atoms with Crippen LogP contribution in [0, 0.1) is 0 Å². The highest BCUT2D eigenvalue weighted by atomic mass is 32.1. The van der Waals surface area contributed by atoms with E-state index in [9.17, 15) is 0 Å². The van der Waals surface area contributed by atoms with E-state index < -0.39 is 0 Å². The summed E-state index contributed by atoms with van der Waals surface area (Å²) in [5, 5.41) is 4.64. The minimum absolute atomic E-state index is 0.0398. The van der Waals surface area contributed by atoms with Crippen LogP contribution in [0.3, 0.4) is 0 Å². The molecule has 4 heterocycles. The van der Waals surface area contributed by atoms with Crippen molar-refractivity contribution >= 4 is 58.6 Å². The van der Waals surface area contributed by atoms with Crippen LogP contribution in [0.2, 0.25) is 0 Å². The van der Waals surface area contributed by atoms with Crippen LogP contribution in [0.25, 0.3) is 41.5 Å². The molecule has 194 valence electrons. The summed E-state index contributed by atoms with van der Waals surface area (Å²) in [6.07, 6.45) is 6.13. The molecule has 3 aromatic carbocycles. The number of thiophene rings is 2. The van der Waals surface area contributed by atoms with Gasteiger partial charge in [-0.25, -0.2) is 0 Å². The molecular formula is C33H29N3OS2. The van der Waals surface area contributed by atoms with Gasteiger partial charge in [-0.15, -0.1) is 11.3 Å². The molecule has 0 atom stereocenters. The Morgan fingerprint density at radius 3 is 2.51 bits per heavy atom. The number of rotatable bonds is 4. The highest BCUT2D eigenvalue weighted by molar-refractivity contribution is 7.27. The maximum absolute atomic E-state index is 6.49. The van der Waals surface area contributed by atoms with E-state index in [1.165, 1.54) is 41.4 Å². The van der Waals surface area contributed by atoms with Crippen molar-refractivity contribution in [2.24, 2.45) is 0 Å². The van der Waals surface area contributed by atoms with Gasteiger partial charge in [-0.05, 0) is 47.4 Å². The first-order chi connectivity index (χ1) is 18.8. The second-order valence-electron chi connectivity index (χ2n) is 11.1. The summed E-state index contributed by atoms with van der Waals surface area (Å²) in [6.45, 7) is 7.59. The first-order valence-corrected chi connectivity index (χ1v) is 14.7. The third-order valence-corrected chi connectivity index (χ3v) is 9.43. The third-order valence-electron chi connectivity index (χ3n) is 7.27. The molecule has 0 radical (unpaired) electrons. The van der Waals surface area contributed by atoms with Gasteiger partial charge in [-0.3, -0.25) is 4.98 Å². The zero-order valence-corrected chi connectivity index (χ0v) is 24.1. The van der Waals surface area contributed by atoms with Gasteiger partial charge in [0.1, 0.15) is 5.75 Å². The van der Waals surface area contributed by atoms with E-state index in [2.05, 4.69) is 117 Å². The van der Waals surface area contributed by atoms with Crippen LogP contribution in [0.15, 0.2) is 91.4 Å². The first kappa shape index (κ1) is 24.2. The third kappa shape index (κ3) is 4.34. The standard InChI is InChI=1S/C33H29N3OS2/c1-33(2,3)21-12-13-34-27(16-21)31-26-19-30(37-23-9-7-8-22(17-23)36-15-14-35(4)20-36)38-29(26)18-25-24-10-5-6-11-28(24)39-32(25)31/h5-19H,20H2,1-4H3. The number of fused-ring (bicyclic) bond motifs is 4. The lowest BCUT2D eigenvalue weighted by molar-refractivity contribution is 0.490. The zero-order valence-electron chi connectivity index (χ0n) is 22.4. The number of ether oxygens (including phenoxy) is 1. The molecule has 0 N–H and O–H groups in total. The monoisotopic (exact) mass is 547 g/mol. The lowest BCUT2D eigenvalue weighted by atomic mass is 9.86. The summed E-state index contributed by atoms with van der Waals surface area (Å²) >= 11 is 3.54. The van der Waals surface area contributed by atoms with Crippen LogP contribution in [0.1, 0.15) is 26.3 Å². The summed E-state index contributed by atoms with van der Waals surface area (Å²) in [5.74, 6) is 0.837. The predicted octanol–water partition coefficient (Wildman–Crippen LogP) is 9.60. The summed E-state index contributed by atoms with van der Waals surface area (Å²) in [7, 11) is 2.08. The molecule has 0 bridgehead atoms. The Kier molecular flexibility index (Phi) is 5.65. The summed E-state index contributed by atoms with van der Waals surface area (Å²) in [5.41, 5.74) is 4.65. The fourth-order valence-corrected chi connectivity index (χ4v) is 7.44. The van der Waals surface area contributed by atoms with Gasteiger partial charge >= 0.3 is 0 Å². The summed E-state index contributed by atoms with van der Waals surface area (Å²) < 4.78 is 10.3. The molecule has 3 aromatic heterocycles. The first-order valence-electron chi connectivity index (χ1n) is 13.1. The van der Waals surface area contributed by atoms with Gasteiger partial charge < -0.3 is 14.5 Å². The van der Waals surface area contributed by atoms with E-state index >= 15 is 0 Å². The van der Waals surface area contributed by atoms with Crippen molar-refractivity contribution in [3.63, 3.8) is 0 Å². The van der Waals surface area contributed by atoms with Crippen molar-refractivity contribution in [2.75, 3.05) is 18.6 Å². The lowest BCUT2D eigenvalue weighted by Gasteiger charge is -2.19. The van der Waals surface area contributed by atoms with Crippen LogP contribution in [0.5, 0.6) is 10.8 Å². The average molecular weight is 548 g/mol. The molecule has 0 fully saturated rings. The molecular weight excluding hydrogens is 519 g/mol. The molecule has 6 aromatic rings. The summed E-state index contributed by atoms with van der Waals surface area (Å²) in [4.78, 5) is 9.27. The normalized spacial score (nSPS) is 13.8. The second-order valence-corrected chi connectivity index (χ2v) is 13.2. The smallest absolute Gasteiger partial charge is 0.182 e. The van der Waals surface area contributed by atoms with Crippen LogP contribution >= 0.6 is 22.7 Å². The van der Waals surface area contributed by atoms with Crippen molar-refractivity contribution in [1.29, 1.82) is 0 Å². The molecule has 0 saturated carbocycles. The maximum atomic E-state index is 6.49. The highest BCUT2D eigenvalue weighted by Crippen LogP contribution is 2.48. The number of hydrogen-bond donors (Lipinski definition) is 0. The topological polar surface area (TPSA) is 28.6 Å². The summed E-state index contributed by atoms with van der Waals surface area (Å²) in [6, 6.07) is 25.9. The predicted molar refractivity (Wildman–Crippen MR) is 167 cm³/mol. The van der Waals surface area contributed by atoms with Gasteiger partial charge in [0.25, 0.3) is 0 Å². The molecule has 39 heavy (non-hydrogen) atoms. The number of nitrogens with zero attached hydrogens (tertiary/aromatic N) is 3. The van der Waals surface area contributed by atoms with Crippen LogP contribution in [-0.2, 0) is 5.41 Å². The molecule has 0 amide bonds. The van der Waals surface area contributed by atoms with Crippen molar-refractivity contribution < 1.29 is 4.74 Å². The molecule has 0 unspecified atom stereocenters. The number of aromatic nitrogens is 1. The fraction of sp³-hybridized carbons (Fsp3) is 0.182. The SMILES string of the molecule is CN1C=CN(c2cccc(Oc3cc4c(-c5cc(C(C)(C)C)ccn5)c5sc6ccccc6c5cc4s3)c2)C1. The molecule has 7 rings (SSSR count). The van der Waals surface area contributed by atoms with Crippen molar-refractivity contribution in [3.8, 4) is 22.1 Å². The van der Waals surface area contributed by atoms with E-state index in [0.29, 0.717) is 0 Å². The molecule has 6 heteroatoms. The fourth-order valence-electron chi connectivity index (χ4n) is 5.21. The van der Waals surface area contributed by atoms with Crippen molar-refractivity contribution in [2.45, 2.75) is 26.2 Å². The number of anilines is 1. The quantitative estimate of drug-likeness (QED) is 0.220. The van der Waals surface area contributed by atoms with E-state index in [4.69, 9.17) is 9.72 Å². The van der Waals surface area contributed by atoms with E-state index in [1.54, 1.807) is 11.3 Å². The molecule has 0 saturated heterocycles. The Labute approximate surface area is 236 Å². The number of pyridine rings is 1. The van der Waals surface area contributed by atoms with Gasteiger partial charge in [0, 0.05) is 79.3 Å². The minimum Gasteiger partial charge on any atom is -0.447 e. The largest absolute Gasteiger partial charge is 0.447 e. The zero-order chi connectivity index (χ0) is 26.7. The Morgan fingerprint density at radius 2 is 1.69 bits per heavy atom. The molecule has 4 nitrogen and oxygen atoms in total. The minimum atomic E-state index is 0.0398. The van der Waals surface area contributed by atoms with Crippen molar-refractivity contribution in [3.05, 3.63) is 97.0 Å². The highest BCUT2D eigenvalue weighted by Gasteiger charge is 2.21.